The number of carbonyl (C=O) groups excluding carboxylic acids is 3. The van der Waals surface area contributed by atoms with Crippen molar-refractivity contribution in [3.05, 3.63) is 83.9 Å². The summed E-state index contributed by atoms with van der Waals surface area (Å²) in [5, 5.41) is 12.8. The highest BCUT2D eigenvalue weighted by Crippen LogP contribution is 2.22. The smallest absolute Gasteiger partial charge is 0.309 e. The summed E-state index contributed by atoms with van der Waals surface area (Å²) in [4.78, 5) is 41.5. The van der Waals surface area contributed by atoms with Crippen molar-refractivity contribution in [1.82, 2.24) is 10.2 Å². The van der Waals surface area contributed by atoms with Gasteiger partial charge in [-0.25, -0.2) is 0 Å². The molecular formula is C32H40N2O5. The van der Waals surface area contributed by atoms with E-state index in [1.54, 1.807) is 4.90 Å². The van der Waals surface area contributed by atoms with Crippen molar-refractivity contribution < 1.29 is 24.2 Å². The van der Waals surface area contributed by atoms with E-state index in [0.717, 1.165) is 24.0 Å². The number of hydrogen-bond donors (Lipinski definition) is 2. The molecule has 2 aliphatic heterocycles. The number of hydrogen-bond acceptors (Lipinski definition) is 5. The number of cyclic esters (lactones) is 1. The van der Waals surface area contributed by atoms with E-state index in [9.17, 15) is 19.5 Å². The van der Waals surface area contributed by atoms with Gasteiger partial charge in [-0.15, -0.1) is 0 Å². The van der Waals surface area contributed by atoms with E-state index in [2.05, 4.69) is 5.32 Å². The molecule has 0 bridgehead atoms. The van der Waals surface area contributed by atoms with Crippen LogP contribution in [0.4, 0.5) is 0 Å². The number of rotatable bonds is 7. The first-order valence-corrected chi connectivity index (χ1v) is 14.1. The molecule has 39 heavy (non-hydrogen) atoms. The number of aliphatic hydroxyl groups excluding tert-OH is 1. The molecular weight excluding hydrogens is 492 g/mol. The van der Waals surface area contributed by atoms with Crippen LogP contribution in [-0.2, 0) is 32.0 Å². The van der Waals surface area contributed by atoms with Crippen molar-refractivity contribution in [3.63, 3.8) is 0 Å². The SMILES string of the molecule is O=C1N[C@@H](Cc2ccccc2)COC(=O)[C@@H](Cc2ccccc2)CCC=CC[C@@H]1CC(=O)N1CCC[C@H]1CO. The van der Waals surface area contributed by atoms with Crippen LogP contribution in [0.3, 0.4) is 0 Å². The number of carbonyl (C=O) groups is 3. The number of aliphatic hydroxyl groups is 1. The lowest BCUT2D eigenvalue weighted by Gasteiger charge is -2.26. The van der Waals surface area contributed by atoms with Gasteiger partial charge in [0.05, 0.1) is 30.5 Å². The molecule has 2 aromatic rings. The van der Waals surface area contributed by atoms with Gasteiger partial charge < -0.3 is 20.1 Å². The summed E-state index contributed by atoms with van der Waals surface area (Å²) in [7, 11) is 0. The lowest BCUT2D eigenvalue weighted by atomic mass is 9.94. The summed E-state index contributed by atoms with van der Waals surface area (Å²) in [5.74, 6) is -1.39. The van der Waals surface area contributed by atoms with E-state index in [0.29, 0.717) is 38.6 Å². The predicted octanol–water partition coefficient (Wildman–Crippen LogP) is 3.85. The van der Waals surface area contributed by atoms with Crippen LogP contribution in [0.5, 0.6) is 0 Å². The van der Waals surface area contributed by atoms with Crippen LogP contribution in [0.15, 0.2) is 72.8 Å². The van der Waals surface area contributed by atoms with E-state index in [1.165, 1.54) is 0 Å². The van der Waals surface area contributed by atoms with E-state index >= 15 is 0 Å². The van der Waals surface area contributed by atoms with Crippen LogP contribution < -0.4 is 5.32 Å². The van der Waals surface area contributed by atoms with Crippen LogP contribution >= 0.6 is 0 Å². The molecule has 0 aliphatic carbocycles. The standard InChI is InChI=1S/C32H40N2O5/c35-22-29-17-10-18-34(29)30(36)21-26-15-8-3-9-16-27(19-24-11-4-1-5-12-24)32(38)39-23-28(33-31(26)37)20-25-13-6-2-7-14-25/h1-8,11-14,26-29,35H,9-10,15-23H2,(H,33,37)/t26-,27-,28+,29+/m1/s1. The van der Waals surface area contributed by atoms with Gasteiger partial charge in [-0.3, -0.25) is 14.4 Å². The number of allylic oxidation sites excluding steroid dienone is 2. The van der Waals surface area contributed by atoms with Gasteiger partial charge in [0.15, 0.2) is 0 Å². The molecule has 4 rings (SSSR count). The van der Waals surface area contributed by atoms with Crippen molar-refractivity contribution in [2.75, 3.05) is 19.8 Å². The molecule has 2 aromatic carbocycles. The maximum absolute atomic E-state index is 13.5. The average molecular weight is 533 g/mol. The molecule has 0 spiro atoms. The summed E-state index contributed by atoms with van der Waals surface area (Å²) in [5.41, 5.74) is 2.11. The number of amides is 2. The maximum atomic E-state index is 13.5. The Kier molecular flexibility index (Phi) is 10.7. The summed E-state index contributed by atoms with van der Waals surface area (Å²) in [6, 6.07) is 19.1. The molecule has 4 atom stereocenters. The summed E-state index contributed by atoms with van der Waals surface area (Å²) in [6.45, 7) is 0.623. The topological polar surface area (TPSA) is 95.9 Å². The number of likely N-dealkylation sites (tertiary alicyclic amines) is 1. The van der Waals surface area contributed by atoms with Gasteiger partial charge in [-0.05, 0) is 56.1 Å². The quantitative estimate of drug-likeness (QED) is 0.417. The van der Waals surface area contributed by atoms with Crippen molar-refractivity contribution in [3.8, 4) is 0 Å². The molecule has 1 fully saturated rings. The fraction of sp³-hybridized carbons (Fsp3) is 0.469. The van der Waals surface area contributed by atoms with Gasteiger partial charge in [-0.2, -0.15) is 0 Å². The molecule has 2 amide bonds. The largest absolute Gasteiger partial charge is 0.463 e. The Balaban J connectivity index is 1.51. The molecule has 2 heterocycles. The van der Waals surface area contributed by atoms with E-state index in [-0.39, 0.29) is 49.4 Å². The van der Waals surface area contributed by atoms with Crippen LogP contribution in [0.2, 0.25) is 0 Å². The van der Waals surface area contributed by atoms with Crippen LogP contribution in [0.25, 0.3) is 0 Å². The zero-order chi connectivity index (χ0) is 27.5. The number of nitrogens with one attached hydrogen (secondary N) is 1. The monoisotopic (exact) mass is 532 g/mol. The molecule has 2 N–H and O–H groups in total. The molecule has 7 nitrogen and oxygen atoms in total. The Labute approximate surface area is 231 Å². The first-order valence-electron chi connectivity index (χ1n) is 14.1. The Bertz CT molecular complexity index is 1100. The molecule has 1 saturated heterocycles. The van der Waals surface area contributed by atoms with Crippen LogP contribution in [0.1, 0.15) is 49.7 Å². The minimum atomic E-state index is -0.538. The Morgan fingerprint density at radius 3 is 2.31 bits per heavy atom. The van der Waals surface area contributed by atoms with Crippen molar-refractivity contribution >= 4 is 17.8 Å². The second-order valence-electron chi connectivity index (χ2n) is 10.7. The van der Waals surface area contributed by atoms with Gasteiger partial charge in [0.2, 0.25) is 11.8 Å². The summed E-state index contributed by atoms with van der Waals surface area (Å²) in [6.07, 6.45) is 8.57. The average Bonchev–Trinajstić information content (AvgIpc) is 3.44. The fourth-order valence-electron chi connectivity index (χ4n) is 5.51. The zero-order valence-corrected chi connectivity index (χ0v) is 22.5. The molecule has 208 valence electrons. The molecule has 0 radical (unpaired) electrons. The third kappa shape index (κ3) is 8.52. The molecule has 0 aromatic heterocycles. The van der Waals surface area contributed by atoms with Gasteiger partial charge in [-0.1, -0.05) is 72.8 Å². The Hall–Kier alpha value is -3.45. The van der Waals surface area contributed by atoms with E-state index in [1.807, 2.05) is 72.8 Å². The van der Waals surface area contributed by atoms with Gasteiger partial charge in [0.1, 0.15) is 6.61 Å². The molecule has 2 aliphatic rings. The maximum Gasteiger partial charge on any atom is 0.309 e. The lowest BCUT2D eigenvalue weighted by molar-refractivity contribution is -0.150. The minimum absolute atomic E-state index is 0.0584. The van der Waals surface area contributed by atoms with Crippen LogP contribution in [0, 0.1) is 11.8 Å². The Morgan fingerprint density at radius 1 is 0.923 bits per heavy atom. The van der Waals surface area contributed by atoms with E-state index in [4.69, 9.17) is 4.74 Å². The zero-order valence-electron chi connectivity index (χ0n) is 22.5. The summed E-state index contributed by atoms with van der Waals surface area (Å²) >= 11 is 0. The minimum Gasteiger partial charge on any atom is -0.463 e. The first-order chi connectivity index (χ1) is 19.0. The second-order valence-corrected chi connectivity index (χ2v) is 10.7. The number of nitrogens with zero attached hydrogens (tertiary/aromatic N) is 1. The molecule has 0 saturated carbocycles. The lowest BCUT2D eigenvalue weighted by Crippen LogP contribution is -2.45. The first kappa shape index (κ1) is 28.6. The number of esters is 1. The highest BCUT2D eigenvalue weighted by Gasteiger charge is 2.32. The highest BCUT2D eigenvalue weighted by atomic mass is 16.5. The van der Waals surface area contributed by atoms with E-state index < -0.39 is 12.0 Å². The van der Waals surface area contributed by atoms with Crippen LogP contribution in [-0.4, -0.2) is 59.6 Å². The number of benzene rings is 2. The molecule has 7 heteroatoms. The third-order valence-corrected chi connectivity index (χ3v) is 7.73. The number of ether oxygens (including phenoxy) is 1. The Morgan fingerprint density at radius 2 is 1.62 bits per heavy atom. The predicted molar refractivity (Wildman–Crippen MR) is 150 cm³/mol. The van der Waals surface area contributed by atoms with Gasteiger partial charge in [0.25, 0.3) is 0 Å². The third-order valence-electron chi connectivity index (χ3n) is 7.73. The highest BCUT2D eigenvalue weighted by molar-refractivity contribution is 5.86. The van der Waals surface area contributed by atoms with Gasteiger partial charge in [0, 0.05) is 13.0 Å². The van der Waals surface area contributed by atoms with Gasteiger partial charge >= 0.3 is 5.97 Å². The molecule has 0 unspecified atom stereocenters. The second kappa shape index (κ2) is 14.6. The van der Waals surface area contributed by atoms with Crippen molar-refractivity contribution in [2.45, 2.75) is 63.5 Å². The fourth-order valence-corrected chi connectivity index (χ4v) is 5.51. The van der Waals surface area contributed by atoms with Crippen molar-refractivity contribution in [2.24, 2.45) is 11.8 Å². The summed E-state index contributed by atoms with van der Waals surface area (Å²) < 4.78 is 5.82. The normalized spacial score (nSPS) is 24.7. The van der Waals surface area contributed by atoms with Crippen molar-refractivity contribution in [1.29, 1.82) is 0 Å².